The number of hydrogen-bond donors (Lipinski definition) is 0. The standard InChI is InChI=1S/C11H17N5/c1-14-4-6-15(7-5-14)11-13-9-10-8-12-2-3-16(10)11/h8-9H,2-7H2,1H3. The predicted octanol–water partition coefficient (Wildman–Crippen LogP) is 0.0674. The first-order chi connectivity index (χ1) is 7.84. The van der Waals surface area contributed by atoms with E-state index in [1.54, 1.807) is 0 Å². The summed E-state index contributed by atoms with van der Waals surface area (Å²) >= 11 is 0. The van der Waals surface area contributed by atoms with E-state index in [0.29, 0.717) is 0 Å². The van der Waals surface area contributed by atoms with Gasteiger partial charge in [-0.15, -0.1) is 0 Å². The van der Waals surface area contributed by atoms with Crippen molar-refractivity contribution >= 4 is 12.2 Å². The van der Waals surface area contributed by atoms with Crippen LogP contribution < -0.4 is 4.90 Å². The van der Waals surface area contributed by atoms with Crippen molar-refractivity contribution in [2.75, 3.05) is 44.7 Å². The van der Waals surface area contributed by atoms with E-state index in [2.05, 4.69) is 31.4 Å². The van der Waals surface area contributed by atoms with Gasteiger partial charge in [0.2, 0.25) is 5.95 Å². The van der Waals surface area contributed by atoms with Crippen molar-refractivity contribution in [3.8, 4) is 0 Å². The number of aromatic nitrogens is 2. The van der Waals surface area contributed by atoms with E-state index >= 15 is 0 Å². The van der Waals surface area contributed by atoms with Gasteiger partial charge in [0, 0.05) is 38.9 Å². The Bertz CT molecular complexity index is 401. The molecular formula is C11H17N5. The summed E-state index contributed by atoms with van der Waals surface area (Å²) in [6.45, 7) is 6.23. The summed E-state index contributed by atoms with van der Waals surface area (Å²) < 4.78 is 2.28. The van der Waals surface area contributed by atoms with Crippen LogP contribution in [0.5, 0.6) is 0 Å². The van der Waals surface area contributed by atoms with Gasteiger partial charge < -0.3 is 14.4 Å². The Morgan fingerprint density at radius 1 is 1.12 bits per heavy atom. The number of rotatable bonds is 1. The van der Waals surface area contributed by atoms with Crippen LogP contribution >= 0.6 is 0 Å². The first kappa shape index (κ1) is 9.84. The number of piperazine rings is 1. The zero-order chi connectivity index (χ0) is 11.0. The molecule has 1 fully saturated rings. The summed E-state index contributed by atoms with van der Waals surface area (Å²) in [4.78, 5) is 13.5. The minimum absolute atomic E-state index is 0.879. The molecule has 5 heteroatoms. The number of aliphatic imine (C=N–C) groups is 1. The zero-order valence-electron chi connectivity index (χ0n) is 9.63. The van der Waals surface area contributed by atoms with Crippen LogP contribution in [0, 0.1) is 0 Å². The molecule has 5 nitrogen and oxygen atoms in total. The van der Waals surface area contributed by atoms with Crippen molar-refractivity contribution in [3.63, 3.8) is 0 Å². The number of imidazole rings is 1. The number of nitrogens with zero attached hydrogens (tertiary/aromatic N) is 5. The number of fused-ring (bicyclic) bond motifs is 1. The molecule has 2 aliphatic heterocycles. The van der Waals surface area contributed by atoms with Crippen LogP contribution in [0.3, 0.4) is 0 Å². The molecule has 0 bridgehead atoms. The Morgan fingerprint density at radius 2 is 1.94 bits per heavy atom. The lowest BCUT2D eigenvalue weighted by molar-refractivity contribution is 0.310. The molecule has 1 aromatic heterocycles. The number of anilines is 1. The highest BCUT2D eigenvalue weighted by Gasteiger charge is 2.20. The summed E-state index contributed by atoms with van der Waals surface area (Å²) in [7, 11) is 2.17. The van der Waals surface area contributed by atoms with Crippen molar-refractivity contribution in [3.05, 3.63) is 11.9 Å². The van der Waals surface area contributed by atoms with Gasteiger partial charge in [0.15, 0.2) is 0 Å². The van der Waals surface area contributed by atoms with Gasteiger partial charge in [-0.3, -0.25) is 4.99 Å². The highest BCUT2D eigenvalue weighted by atomic mass is 15.4. The molecule has 86 valence electrons. The molecule has 0 unspecified atom stereocenters. The third kappa shape index (κ3) is 1.61. The van der Waals surface area contributed by atoms with Gasteiger partial charge in [0.1, 0.15) is 0 Å². The third-order valence-corrected chi connectivity index (χ3v) is 3.33. The van der Waals surface area contributed by atoms with Gasteiger partial charge in [-0.1, -0.05) is 0 Å². The average Bonchev–Trinajstić information content (AvgIpc) is 2.74. The van der Waals surface area contributed by atoms with E-state index in [0.717, 1.165) is 50.9 Å². The first-order valence-electron chi connectivity index (χ1n) is 5.83. The first-order valence-corrected chi connectivity index (χ1v) is 5.83. The number of likely N-dealkylation sites (N-methyl/N-ethyl adjacent to an activating group) is 1. The van der Waals surface area contributed by atoms with Crippen molar-refractivity contribution in [2.45, 2.75) is 6.54 Å². The topological polar surface area (TPSA) is 36.7 Å². The fourth-order valence-corrected chi connectivity index (χ4v) is 2.29. The molecule has 0 spiro atoms. The van der Waals surface area contributed by atoms with Crippen molar-refractivity contribution in [2.24, 2.45) is 4.99 Å². The zero-order valence-corrected chi connectivity index (χ0v) is 9.63. The van der Waals surface area contributed by atoms with Crippen LogP contribution in [0.15, 0.2) is 11.2 Å². The van der Waals surface area contributed by atoms with Crippen molar-refractivity contribution in [1.29, 1.82) is 0 Å². The third-order valence-electron chi connectivity index (χ3n) is 3.33. The molecule has 1 saturated heterocycles. The lowest BCUT2D eigenvalue weighted by Crippen LogP contribution is -2.45. The summed E-state index contributed by atoms with van der Waals surface area (Å²) in [6, 6.07) is 0. The monoisotopic (exact) mass is 219 g/mol. The summed E-state index contributed by atoms with van der Waals surface area (Å²) in [5.41, 5.74) is 1.14. The maximum atomic E-state index is 4.53. The SMILES string of the molecule is CN1CCN(c2ncc3n2CCN=C3)CC1. The molecule has 0 atom stereocenters. The molecule has 0 aliphatic carbocycles. The second-order valence-corrected chi connectivity index (χ2v) is 4.46. The molecule has 16 heavy (non-hydrogen) atoms. The second-order valence-electron chi connectivity index (χ2n) is 4.46. The summed E-state index contributed by atoms with van der Waals surface area (Å²) in [5.74, 6) is 1.12. The maximum absolute atomic E-state index is 4.53. The molecule has 0 aromatic carbocycles. The summed E-state index contributed by atoms with van der Waals surface area (Å²) in [5, 5.41) is 0. The van der Waals surface area contributed by atoms with Gasteiger partial charge in [-0.25, -0.2) is 4.98 Å². The van der Waals surface area contributed by atoms with E-state index in [9.17, 15) is 0 Å². The molecule has 0 saturated carbocycles. The van der Waals surface area contributed by atoms with E-state index < -0.39 is 0 Å². The van der Waals surface area contributed by atoms with Gasteiger partial charge in [-0.05, 0) is 7.05 Å². The van der Waals surface area contributed by atoms with Crippen molar-refractivity contribution < 1.29 is 0 Å². The molecule has 3 heterocycles. The van der Waals surface area contributed by atoms with Crippen molar-refractivity contribution in [1.82, 2.24) is 14.5 Å². The van der Waals surface area contributed by atoms with Crippen LogP contribution in [0.25, 0.3) is 0 Å². The van der Waals surface area contributed by atoms with Gasteiger partial charge in [0.25, 0.3) is 0 Å². The number of hydrogen-bond acceptors (Lipinski definition) is 4. The Kier molecular flexibility index (Phi) is 2.40. The fourth-order valence-electron chi connectivity index (χ4n) is 2.29. The Labute approximate surface area is 95.4 Å². The van der Waals surface area contributed by atoms with E-state index in [4.69, 9.17) is 0 Å². The van der Waals surface area contributed by atoms with Gasteiger partial charge in [0.05, 0.1) is 18.4 Å². The summed E-state index contributed by atoms with van der Waals surface area (Å²) in [6.07, 6.45) is 3.85. The van der Waals surface area contributed by atoms with Crippen LogP contribution in [0.4, 0.5) is 5.95 Å². The van der Waals surface area contributed by atoms with Crippen LogP contribution in [-0.4, -0.2) is 60.4 Å². The van der Waals surface area contributed by atoms with Gasteiger partial charge in [-0.2, -0.15) is 0 Å². The van der Waals surface area contributed by atoms with E-state index in [1.807, 2.05) is 12.4 Å². The minimum Gasteiger partial charge on any atom is -0.340 e. The largest absolute Gasteiger partial charge is 0.340 e. The second kappa shape index (κ2) is 3.90. The molecule has 3 rings (SSSR count). The van der Waals surface area contributed by atoms with Crippen LogP contribution in [0.2, 0.25) is 0 Å². The molecule has 0 radical (unpaired) electrons. The van der Waals surface area contributed by atoms with Crippen LogP contribution in [0.1, 0.15) is 5.69 Å². The fraction of sp³-hybridized carbons (Fsp3) is 0.636. The lowest BCUT2D eigenvalue weighted by Gasteiger charge is -2.33. The maximum Gasteiger partial charge on any atom is 0.206 e. The molecule has 0 N–H and O–H groups in total. The Hall–Kier alpha value is -1.36. The quantitative estimate of drug-likeness (QED) is 0.670. The molecule has 2 aliphatic rings. The van der Waals surface area contributed by atoms with Crippen LogP contribution in [-0.2, 0) is 6.54 Å². The normalized spacial score (nSPS) is 21.2. The Morgan fingerprint density at radius 3 is 2.75 bits per heavy atom. The van der Waals surface area contributed by atoms with Gasteiger partial charge >= 0.3 is 0 Å². The highest BCUT2D eigenvalue weighted by molar-refractivity contribution is 5.78. The molecule has 0 amide bonds. The lowest BCUT2D eigenvalue weighted by atomic mass is 10.3. The minimum atomic E-state index is 0.879. The average molecular weight is 219 g/mol. The van der Waals surface area contributed by atoms with E-state index in [-0.39, 0.29) is 0 Å². The smallest absolute Gasteiger partial charge is 0.206 e. The predicted molar refractivity (Wildman–Crippen MR) is 64.4 cm³/mol. The highest BCUT2D eigenvalue weighted by Crippen LogP contribution is 2.18. The molecule has 1 aromatic rings. The molecular weight excluding hydrogens is 202 g/mol. The van der Waals surface area contributed by atoms with E-state index in [1.165, 1.54) is 0 Å². The Balaban J connectivity index is 1.84.